The monoisotopic (exact) mass is 383 g/mol. The highest BCUT2D eigenvalue weighted by Gasteiger charge is 2.27. The molecule has 0 amide bonds. The van der Waals surface area contributed by atoms with Crippen LogP contribution >= 0.6 is 0 Å². The van der Waals surface area contributed by atoms with Crippen LogP contribution in [0, 0.1) is 5.82 Å². The molecule has 27 heavy (non-hydrogen) atoms. The van der Waals surface area contributed by atoms with E-state index in [1.165, 1.54) is 12.1 Å². The number of rotatable bonds is 4. The molecule has 4 rings (SSSR count). The van der Waals surface area contributed by atoms with Crippen LogP contribution in [0.2, 0.25) is 0 Å². The van der Waals surface area contributed by atoms with Gasteiger partial charge in [-0.2, -0.15) is 5.10 Å². The Morgan fingerprint density at radius 2 is 1.85 bits per heavy atom. The number of sulfone groups is 1. The highest BCUT2D eigenvalue weighted by molar-refractivity contribution is 7.91. The van der Waals surface area contributed by atoms with E-state index in [0.29, 0.717) is 12.1 Å². The lowest BCUT2D eigenvalue weighted by Crippen LogP contribution is -2.07. The molecule has 0 radical (unpaired) electrons. The molecule has 1 fully saturated rings. The lowest BCUT2D eigenvalue weighted by molar-refractivity contribution is 0.601. The first-order chi connectivity index (χ1) is 13.0. The Labute approximate surface area is 157 Å². The van der Waals surface area contributed by atoms with Crippen LogP contribution in [0.5, 0.6) is 0 Å². The maximum atomic E-state index is 13.3. The molecule has 3 aromatic rings. The van der Waals surface area contributed by atoms with Crippen molar-refractivity contribution in [2.75, 3.05) is 11.5 Å². The molecule has 0 N–H and O–H groups in total. The standard InChI is InChI=1S/C20H18FN3O2S/c21-17-8-6-15(7-9-17)20-16(12-22-18-10-11-27(25,26)14-18)13-24(23-20)19-4-2-1-3-5-19/h1-9,12-13,18H,10-11,14H2/t18-/m1/s1. The van der Waals surface area contributed by atoms with E-state index in [2.05, 4.69) is 10.1 Å². The summed E-state index contributed by atoms with van der Waals surface area (Å²) in [7, 11) is -2.98. The minimum atomic E-state index is -2.98. The van der Waals surface area contributed by atoms with E-state index in [-0.39, 0.29) is 23.4 Å². The van der Waals surface area contributed by atoms with Gasteiger partial charge in [-0.3, -0.25) is 4.99 Å². The number of nitrogens with zero attached hydrogens (tertiary/aromatic N) is 3. The van der Waals surface area contributed by atoms with Crippen LogP contribution in [0.4, 0.5) is 4.39 Å². The maximum absolute atomic E-state index is 13.3. The first-order valence-corrected chi connectivity index (χ1v) is 10.5. The fraction of sp³-hybridized carbons (Fsp3) is 0.200. The summed E-state index contributed by atoms with van der Waals surface area (Å²) >= 11 is 0. The van der Waals surface area contributed by atoms with E-state index in [1.807, 2.05) is 36.5 Å². The SMILES string of the molecule is O=S1(=O)CC[C@@H](N=Cc2cn(-c3ccccc3)nc2-c2ccc(F)cc2)C1. The quantitative estimate of drug-likeness (QED) is 0.650. The zero-order valence-electron chi connectivity index (χ0n) is 14.5. The summed E-state index contributed by atoms with van der Waals surface area (Å²) in [5.74, 6) is -0.0432. The Kier molecular flexibility index (Phi) is 4.61. The first-order valence-electron chi connectivity index (χ1n) is 8.65. The number of aromatic nitrogens is 2. The second-order valence-electron chi connectivity index (χ2n) is 6.56. The molecule has 1 aliphatic rings. The molecule has 0 bridgehead atoms. The molecular formula is C20H18FN3O2S. The fourth-order valence-corrected chi connectivity index (χ4v) is 4.74. The zero-order chi connectivity index (χ0) is 18.9. The zero-order valence-corrected chi connectivity index (χ0v) is 15.3. The molecule has 2 heterocycles. The summed E-state index contributed by atoms with van der Waals surface area (Å²) in [6, 6.07) is 15.5. The van der Waals surface area contributed by atoms with Crippen molar-refractivity contribution in [3.05, 3.63) is 72.2 Å². The van der Waals surface area contributed by atoms with Crippen molar-refractivity contribution in [2.24, 2.45) is 4.99 Å². The Morgan fingerprint density at radius 1 is 1.11 bits per heavy atom. The van der Waals surface area contributed by atoms with Crippen LogP contribution in [-0.2, 0) is 9.84 Å². The molecule has 7 heteroatoms. The number of para-hydroxylation sites is 1. The van der Waals surface area contributed by atoms with Gasteiger partial charge in [0.1, 0.15) is 11.5 Å². The topological polar surface area (TPSA) is 64.3 Å². The Bertz CT molecular complexity index is 1070. The normalized spacial score (nSPS) is 18.9. The number of hydrogen-bond acceptors (Lipinski definition) is 4. The molecule has 1 aromatic heterocycles. The van der Waals surface area contributed by atoms with Gasteiger partial charge in [0, 0.05) is 23.5 Å². The average molecular weight is 383 g/mol. The summed E-state index contributed by atoms with van der Waals surface area (Å²) in [6.07, 6.45) is 4.06. The molecule has 1 aliphatic heterocycles. The highest BCUT2D eigenvalue weighted by Crippen LogP contribution is 2.24. The van der Waals surface area contributed by atoms with Crippen LogP contribution in [0.25, 0.3) is 16.9 Å². The maximum Gasteiger partial charge on any atom is 0.152 e. The average Bonchev–Trinajstić information content (AvgIpc) is 3.24. The van der Waals surface area contributed by atoms with Gasteiger partial charge in [0.25, 0.3) is 0 Å². The third kappa shape index (κ3) is 3.98. The Balaban J connectivity index is 1.72. The molecule has 138 valence electrons. The van der Waals surface area contributed by atoms with Crippen molar-refractivity contribution in [3.63, 3.8) is 0 Å². The molecule has 0 spiro atoms. The van der Waals surface area contributed by atoms with Gasteiger partial charge in [-0.05, 0) is 42.8 Å². The number of halogens is 1. The second kappa shape index (κ2) is 7.08. The lowest BCUT2D eigenvalue weighted by Gasteiger charge is -2.01. The van der Waals surface area contributed by atoms with Gasteiger partial charge in [-0.25, -0.2) is 17.5 Å². The van der Waals surface area contributed by atoms with Gasteiger partial charge in [0.15, 0.2) is 9.84 Å². The van der Waals surface area contributed by atoms with E-state index in [1.54, 1.807) is 23.0 Å². The summed E-state index contributed by atoms with van der Waals surface area (Å²) in [6.45, 7) is 0. The van der Waals surface area contributed by atoms with E-state index >= 15 is 0 Å². The van der Waals surface area contributed by atoms with Crippen LogP contribution < -0.4 is 0 Å². The minimum Gasteiger partial charge on any atom is -0.288 e. The van der Waals surface area contributed by atoms with Crippen molar-refractivity contribution in [1.82, 2.24) is 9.78 Å². The largest absolute Gasteiger partial charge is 0.288 e. The van der Waals surface area contributed by atoms with Crippen molar-refractivity contribution >= 4 is 16.1 Å². The third-order valence-electron chi connectivity index (χ3n) is 4.51. The molecule has 5 nitrogen and oxygen atoms in total. The van der Waals surface area contributed by atoms with Gasteiger partial charge in [0.2, 0.25) is 0 Å². The highest BCUT2D eigenvalue weighted by atomic mass is 32.2. The predicted molar refractivity (Wildman–Crippen MR) is 104 cm³/mol. The lowest BCUT2D eigenvalue weighted by atomic mass is 10.1. The minimum absolute atomic E-state index is 0.0855. The molecular weight excluding hydrogens is 365 g/mol. The predicted octanol–water partition coefficient (Wildman–Crippen LogP) is 3.28. The van der Waals surface area contributed by atoms with Gasteiger partial charge in [0.05, 0.1) is 23.2 Å². The number of hydrogen-bond donors (Lipinski definition) is 0. The first kappa shape index (κ1) is 17.6. The molecule has 2 aromatic carbocycles. The summed E-state index contributed by atoms with van der Waals surface area (Å²) in [5, 5.41) is 4.64. The molecule has 1 atom stereocenters. The van der Waals surface area contributed by atoms with E-state index in [4.69, 9.17) is 0 Å². The van der Waals surface area contributed by atoms with Crippen molar-refractivity contribution in [1.29, 1.82) is 0 Å². The van der Waals surface area contributed by atoms with Gasteiger partial charge < -0.3 is 0 Å². The van der Waals surface area contributed by atoms with Crippen molar-refractivity contribution < 1.29 is 12.8 Å². The summed E-state index contributed by atoms with van der Waals surface area (Å²) < 4.78 is 38.3. The molecule has 0 saturated carbocycles. The van der Waals surface area contributed by atoms with E-state index < -0.39 is 9.84 Å². The fourth-order valence-electron chi connectivity index (χ4n) is 3.11. The van der Waals surface area contributed by atoms with Gasteiger partial charge >= 0.3 is 0 Å². The van der Waals surface area contributed by atoms with E-state index in [0.717, 1.165) is 16.8 Å². The third-order valence-corrected chi connectivity index (χ3v) is 6.26. The smallest absolute Gasteiger partial charge is 0.152 e. The molecule has 1 saturated heterocycles. The second-order valence-corrected chi connectivity index (χ2v) is 8.78. The summed E-state index contributed by atoms with van der Waals surface area (Å²) in [5.41, 5.74) is 3.09. The number of aliphatic imine (C=N–C) groups is 1. The van der Waals surface area contributed by atoms with Crippen LogP contribution in [0.1, 0.15) is 12.0 Å². The van der Waals surface area contributed by atoms with Crippen LogP contribution in [0.3, 0.4) is 0 Å². The van der Waals surface area contributed by atoms with Crippen LogP contribution in [0.15, 0.2) is 65.8 Å². The summed E-state index contributed by atoms with van der Waals surface area (Å²) in [4.78, 5) is 4.47. The molecule has 0 unspecified atom stereocenters. The Hall–Kier alpha value is -2.80. The molecule has 0 aliphatic carbocycles. The Morgan fingerprint density at radius 3 is 2.52 bits per heavy atom. The van der Waals surface area contributed by atoms with E-state index in [9.17, 15) is 12.8 Å². The number of benzene rings is 2. The van der Waals surface area contributed by atoms with Crippen molar-refractivity contribution in [2.45, 2.75) is 12.5 Å². The van der Waals surface area contributed by atoms with Crippen LogP contribution in [-0.4, -0.2) is 42.0 Å². The van der Waals surface area contributed by atoms with Gasteiger partial charge in [-0.1, -0.05) is 18.2 Å². The van der Waals surface area contributed by atoms with Crippen molar-refractivity contribution in [3.8, 4) is 16.9 Å². The van der Waals surface area contributed by atoms with Gasteiger partial charge in [-0.15, -0.1) is 0 Å².